The second-order valence-electron chi connectivity index (χ2n) is 8.30. The molecule has 10 heteroatoms. The van der Waals surface area contributed by atoms with E-state index in [2.05, 4.69) is 66.9 Å². The SMILES string of the molecule is CSc1cc(-c2nc(C)sc2C)ccc1Nc1cc(Nc2cnc(C)c(C)n2)nc2nc(C)[nH]c12. The van der Waals surface area contributed by atoms with Crippen LogP contribution in [0.25, 0.3) is 22.4 Å². The molecule has 8 nitrogen and oxygen atoms in total. The number of aromatic nitrogens is 6. The summed E-state index contributed by atoms with van der Waals surface area (Å²) >= 11 is 3.42. The normalized spacial score (nSPS) is 11.3. The Bertz CT molecular complexity index is 1550. The van der Waals surface area contributed by atoms with Gasteiger partial charge in [-0.05, 0) is 53.0 Å². The van der Waals surface area contributed by atoms with Gasteiger partial charge in [-0.3, -0.25) is 4.98 Å². The van der Waals surface area contributed by atoms with Crippen LogP contribution in [-0.2, 0) is 0 Å². The molecule has 0 aliphatic carbocycles. The van der Waals surface area contributed by atoms with E-state index in [0.29, 0.717) is 17.3 Å². The number of aryl methyl sites for hydroxylation is 5. The maximum atomic E-state index is 4.72. The summed E-state index contributed by atoms with van der Waals surface area (Å²) < 4.78 is 0. The zero-order valence-electron chi connectivity index (χ0n) is 20.4. The molecule has 178 valence electrons. The summed E-state index contributed by atoms with van der Waals surface area (Å²) in [5.41, 5.74) is 7.30. The molecule has 5 rings (SSSR count). The molecule has 0 spiro atoms. The number of rotatable bonds is 6. The average Bonchev–Trinajstić information content (AvgIpc) is 3.37. The Morgan fingerprint density at radius 1 is 0.857 bits per heavy atom. The van der Waals surface area contributed by atoms with E-state index < -0.39 is 0 Å². The molecule has 0 saturated heterocycles. The molecule has 0 fully saturated rings. The van der Waals surface area contributed by atoms with Crippen LogP contribution in [-0.4, -0.2) is 36.2 Å². The molecule has 0 unspecified atom stereocenters. The van der Waals surface area contributed by atoms with Gasteiger partial charge in [0, 0.05) is 21.4 Å². The van der Waals surface area contributed by atoms with Gasteiger partial charge in [0.15, 0.2) is 5.65 Å². The van der Waals surface area contributed by atoms with Crippen molar-refractivity contribution in [2.45, 2.75) is 39.5 Å². The number of pyridine rings is 1. The maximum Gasteiger partial charge on any atom is 0.181 e. The number of fused-ring (bicyclic) bond motifs is 1. The summed E-state index contributed by atoms with van der Waals surface area (Å²) in [4.78, 5) is 28.6. The van der Waals surface area contributed by atoms with Crippen molar-refractivity contribution in [1.82, 2.24) is 29.9 Å². The number of hydrogen-bond donors (Lipinski definition) is 3. The first-order valence-electron chi connectivity index (χ1n) is 11.1. The predicted molar refractivity (Wildman–Crippen MR) is 146 cm³/mol. The van der Waals surface area contributed by atoms with Crippen molar-refractivity contribution < 1.29 is 0 Å². The maximum absolute atomic E-state index is 4.72. The molecule has 4 aromatic heterocycles. The van der Waals surface area contributed by atoms with Gasteiger partial charge in [0.1, 0.15) is 23.0 Å². The highest BCUT2D eigenvalue weighted by Gasteiger charge is 2.15. The number of nitrogens with zero attached hydrogens (tertiary/aromatic N) is 5. The third-order valence-corrected chi connectivity index (χ3v) is 7.34. The minimum Gasteiger partial charge on any atom is -0.353 e. The molecule has 0 saturated carbocycles. The number of thiazole rings is 1. The minimum atomic E-state index is 0.627. The Labute approximate surface area is 212 Å². The fraction of sp³-hybridized carbons (Fsp3) is 0.240. The van der Waals surface area contributed by atoms with Crippen molar-refractivity contribution in [2.75, 3.05) is 16.9 Å². The lowest BCUT2D eigenvalue weighted by atomic mass is 10.1. The third-order valence-electron chi connectivity index (χ3n) is 5.68. The van der Waals surface area contributed by atoms with E-state index >= 15 is 0 Å². The average molecular weight is 503 g/mol. The molecule has 0 atom stereocenters. The first-order valence-corrected chi connectivity index (χ1v) is 13.2. The van der Waals surface area contributed by atoms with Gasteiger partial charge in [-0.25, -0.2) is 19.9 Å². The number of hydrogen-bond acceptors (Lipinski definition) is 9. The second-order valence-corrected chi connectivity index (χ2v) is 10.6. The third kappa shape index (κ3) is 4.71. The Morgan fingerprint density at radius 2 is 1.69 bits per heavy atom. The van der Waals surface area contributed by atoms with Gasteiger partial charge >= 0.3 is 0 Å². The van der Waals surface area contributed by atoms with E-state index in [-0.39, 0.29) is 0 Å². The van der Waals surface area contributed by atoms with Crippen LogP contribution in [0.1, 0.15) is 27.1 Å². The molecule has 0 amide bonds. The number of anilines is 4. The van der Waals surface area contributed by atoms with Crippen molar-refractivity contribution in [2.24, 2.45) is 0 Å². The summed E-state index contributed by atoms with van der Waals surface area (Å²) in [6.07, 6.45) is 3.79. The summed E-state index contributed by atoms with van der Waals surface area (Å²) in [6, 6.07) is 8.37. The quantitative estimate of drug-likeness (QED) is 0.222. The van der Waals surface area contributed by atoms with Crippen molar-refractivity contribution in [3.8, 4) is 11.3 Å². The zero-order chi connectivity index (χ0) is 24.7. The summed E-state index contributed by atoms with van der Waals surface area (Å²) in [7, 11) is 0. The number of benzene rings is 1. The van der Waals surface area contributed by atoms with Gasteiger partial charge in [-0.1, -0.05) is 6.07 Å². The first-order chi connectivity index (χ1) is 16.8. The smallest absolute Gasteiger partial charge is 0.181 e. The largest absolute Gasteiger partial charge is 0.353 e. The zero-order valence-corrected chi connectivity index (χ0v) is 22.1. The van der Waals surface area contributed by atoms with Crippen LogP contribution >= 0.6 is 23.1 Å². The Balaban J connectivity index is 1.52. The molecule has 0 bridgehead atoms. The van der Waals surface area contributed by atoms with Crippen molar-refractivity contribution in [1.29, 1.82) is 0 Å². The van der Waals surface area contributed by atoms with Crippen LogP contribution in [0.3, 0.4) is 0 Å². The van der Waals surface area contributed by atoms with Crippen LogP contribution in [0.5, 0.6) is 0 Å². The second kappa shape index (κ2) is 9.27. The molecule has 5 aromatic rings. The molecule has 1 aromatic carbocycles. The van der Waals surface area contributed by atoms with Crippen LogP contribution in [0.15, 0.2) is 35.4 Å². The van der Waals surface area contributed by atoms with Gasteiger partial charge < -0.3 is 15.6 Å². The van der Waals surface area contributed by atoms with Crippen LogP contribution in [0, 0.1) is 34.6 Å². The standard InChI is InChI=1S/C25H26N8S2/c1-12-13(2)27-22(11-26-12)32-21-10-19(24-25(33-21)29-15(4)28-24)31-18-8-7-17(9-20(18)34-6)23-14(3)35-16(5)30-23/h7-11H,1-6H3,(H3,27,28,29,31,32,33). The number of nitrogens with one attached hydrogen (secondary N) is 3. The fourth-order valence-electron chi connectivity index (χ4n) is 3.88. The molecule has 0 aliphatic rings. The minimum absolute atomic E-state index is 0.627. The lowest BCUT2D eigenvalue weighted by molar-refractivity contribution is 1.05. The van der Waals surface area contributed by atoms with Gasteiger partial charge in [0.25, 0.3) is 0 Å². The van der Waals surface area contributed by atoms with Crippen molar-refractivity contribution in [3.63, 3.8) is 0 Å². The van der Waals surface area contributed by atoms with E-state index in [9.17, 15) is 0 Å². The number of H-pyrrole nitrogens is 1. The Kier molecular flexibility index (Phi) is 6.16. The van der Waals surface area contributed by atoms with E-state index in [0.717, 1.165) is 55.3 Å². The molecule has 4 heterocycles. The Hall–Kier alpha value is -3.50. The van der Waals surface area contributed by atoms with Gasteiger partial charge in [0.05, 0.1) is 39.7 Å². The summed E-state index contributed by atoms with van der Waals surface area (Å²) in [5, 5.41) is 7.95. The molecule has 0 aliphatic heterocycles. The van der Waals surface area contributed by atoms with Gasteiger partial charge in [-0.15, -0.1) is 23.1 Å². The highest BCUT2D eigenvalue weighted by atomic mass is 32.2. The summed E-state index contributed by atoms with van der Waals surface area (Å²) in [5.74, 6) is 2.08. The number of thioether (sulfide) groups is 1. The number of aromatic amines is 1. The van der Waals surface area contributed by atoms with E-state index in [1.54, 1.807) is 29.3 Å². The topological polar surface area (TPSA) is 104 Å². The van der Waals surface area contributed by atoms with E-state index in [1.165, 1.54) is 4.88 Å². The lowest BCUT2D eigenvalue weighted by Gasteiger charge is -2.14. The van der Waals surface area contributed by atoms with Crippen LogP contribution in [0.2, 0.25) is 0 Å². The fourth-order valence-corrected chi connectivity index (χ4v) is 5.31. The van der Waals surface area contributed by atoms with E-state index in [1.807, 2.05) is 33.8 Å². The highest BCUT2D eigenvalue weighted by Crippen LogP contribution is 2.36. The highest BCUT2D eigenvalue weighted by molar-refractivity contribution is 7.98. The van der Waals surface area contributed by atoms with E-state index in [4.69, 9.17) is 4.98 Å². The van der Waals surface area contributed by atoms with Crippen LogP contribution < -0.4 is 10.6 Å². The molecular formula is C25H26N8S2. The first kappa shape index (κ1) is 23.3. The van der Waals surface area contributed by atoms with Gasteiger partial charge in [-0.2, -0.15) is 0 Å². The predicted octanol–water partition coefficient (Wildman–Crippen LogP) is 6.62. The van der Waals surface area contributed by atoms with Gasteiger partial charge in [0.2, 0.25) is 0 Å². The van der Waals surface area contributed by atoms with Crippen molar-refractivity contribution in [3.05, 3.63) is 57.6 Å². The number of imidazole rings is 1. The molecule has 3 N–H and O–H groups in total. The molecule has 35 heavy (non-hydrogen) atoms. The molecule has 0 radical (unpaired) electrons. The Morgan fingerprint density at radius 3 is 2.40 bits per heavy atom. The lowest BCUT2D eigenvalue weighted by Crippen LogP contribution is -2.02. The van der Waals surface area contributed by atoms with Crippen molar-refractivity contribution >= 4 is 57.3 Å². The summed E-state index contributed by atoms with van der Waals surface area (Å²) in [6.45, 7) is 9.97. The van der Waals surface area contributed by atoms with Crippen LogP contribution in [0.4, 0.5) is 23.0 Å². The molecular weight excluding hydrogens is 476 g/mol. The monoisotopic (exact) mass is 502 g/mol.